The van der Waals surface area contributed by atoms with Crippen LogP contribution in [-0.2, 0) is 4.74 Å². The van der Waals surface area contributed by atoms with E-state index in [9.17, 15) is 4.79 Å². The van der Waals surface area contributed by atoms with E-state index in [1.165, 1.54) is 18.0 Å². The number of nitrogens with zero attached hydrogens (tertiary/aromatic N) is 3. The van der Waals surface area contributed by atoms with E-state index in [1.807, 2.05) is 37.6 Å². The summed E-state index contributed by atoms with van der Waals surface area (Å²) in [6.07, 6.45) is 5.26. The number of aromatic nitrogens is 3. The Kier molecular flexibility index (Phi) is 4.94. The summed E-state index contributed by atoms with van der Waals surface area (Å²) in [6, 6.07) is 5.98. The predicted octanol–water partition coefficient (Wildman–Crippen LogP) is 3.36. The molecule has 6 nitrogen and oxygen atoms in total. The van der Waals surface area contributed by atoms with Gasteiger partial charge in [-0.15, -0.1) is 0 Å². The van der Waals surface area contributed by atoms with E-state index in [1.54, 1.807) is 18.8 Å². The zero-order chi connectivity index (χ0) is 18.0. The molecule has 0 aliphatic carbocycles. The van der Waals surface area contributed by atoms with Crippen molar-refractivity contribution in [3.63, 3.8) is 0 Å². The fraction of sp³-hybridized carbons (Fsp3) is 0.278. The van der Waals surface area contributed by atoms with Crippen LogP contribution < -0.4 is 4.84 Å². The van der Waals surface area contributed by atoms with E-state index < -0.39 is 5.97 Å². The number of carbonyl (C=O) groups is 1. The number of benzene rings is 1. The minimum atomic E-state index is -0.434. The molecule has 0 saturated heterocycles. The van der Waals surface area contributed by atoms with Gasteiger partial charge in [-0.2, -0.15) is 4.73 Å². The van der Waals surface area contributed by atoms with Gasteiger partial charge in [-0.1, -0.05) is 30.0 Å². The molecule has 3 rings (SSSR count). The van der Waals surface area contributed by atoms with Gasteiger partial charge >= 0.3 is 5.97 Å². The van der Waals surface area contributed by atoms with Crippen molar-refractivity contribution in [1.29, 1.82) is 0 Å². The fourth-order valence-electron chi connectivity index (χ4n) is 2.78. The molecule has 2 heterocycles. The second-order valence-electron chi connectivity index (χ2n) is 5.36. The molecule has 1 aromatic carbocycles. The Morgan fingerprint density at radius 3 is 2.84 bits per heavy atom. The van der Waals surface area contributed by atoms with E-state index in [0.717, 1.165) is 22.0 Å². The molecule has 0 radical (unpaired) electrons. The van der Waals surface area contributed by atoms with Crippen molar-refractivity contribution in [3.05, 3.63) is 41.7 Å². The summed E-state index contributed by atoms with van der Waals surface area (Å²) in [4.78, 5) is 26.6. The lowest BCUT2D eigenvalue weighted by Gasteiger charge is -2.08. The van der Waals surface area contributed by atoms with Crippen LogP contribution in [0, 0.1) is 6.92 Å². The van der Waals surface area contributed by atoms with Crippen LogP contribution in [0.4, 0.5) is 0 Å². The van der Waals surface area contributed by atoms with Crippen molar-refractivity contribution < 1.29 is 14.4 Å². The maximum absolute atomic E-state index is 12.4. The summed E-state index contributed by atoms with van der Waals surface area (Å²) in [5, 5.41) is 1.55. The molecule has 0 saturated carbocycles. The average molecular weight is 357 g/mol. The van der Waals surface area contributed by atoms with Gasteiger partial charge < -0.3 is 9.57 Å². The fourth-order valence-corrected chi connectivity index (χ4v) is 3.12. The van der Waals surface area contributed by atoms with E-state index in [-0.39, 0.29) is 0 Å². The third kappa shape index (κ3) is 3.07. The van der Waals surface area contributed by atoms with Crippen LogP contribution in [0.15, 0.2) is 35.7 Å². The van der Waals surface area contributed by atoms with Crippen molar-refractivity contribution in [2.24, 2.45) is 0 Å². The number of rotatable bonds is 5. The largest absolute Gasteiger partial charge is 0.462 e. The average Bonchev–Trinajstić information content (AvgIpc) is 3.01. The maximum atomic E-state index is 12.4. The van der Waals surface area contributed by atoms with Crippen molar-refractivity contribution in [2.45, 2.75) is 19.0 Å². The molecule has 25 heavy (non-hydrogen) atoms. The van der Waals surface area contributed by atoms with Crippen molar-refractivity contribution >= 4 is 28.6 Å². The molecular weight excluding hydrogens is 338 g/mol. The van der Waals surface area contributed by atoms with Crippen LogP contribution in [0.3, 0.4) is 0 Å². The molecule has 0 spiro atoms. The minimum absolute atomic E-state index is 0.293. The molecule has 0 N–H and O–H groups in total. The SMILES string of the molecule is CCOC(=O)c1cnc(SC)nc1-c1cn(OC)c2c(C)cccc12. The van der Waals surface area contributed by atoms with Gasteiger partial charge in [0.05, 0.1) is 24.0 Å². The first-order chi connectivity index (χ1) is 12.1. The van der Waals surface area contributed by atoms with Gasteiger partial charge in [0.2, 0.25) is 0 Å². The topological polar surface area (TPSA) is 66.2 Å². The maximum Gasteiger partial charge on any atom is 0.341 e. The highest BCUT2D eigenvalue weighted by molar-refractivity contribution is 7.98. The number of fused-ring (bicyclic) bond motifs is 1. The highest BCUT2D eigenvalue weighted by Gasteiger charge is 2.22. The molecule has 3 aromatic rings. The number of carbonyl (C=O) groups excluding carboxylic acids is 1. The molecule has 0 amide bonds. The van der Waals surface area contributed by atoms with Crippen molar-refractivity contribution in [2.75, 3.05) is 20.0 Å². The molecule has 0 unspecified atom stereocenters. The Morgan fingerprint density at radius 1 is 1.36 bits per heavy atom. The third-order valence-electron chi connectivity index (χ3n) is 3.89. The highest BCUT2D eigenvalue weighted by atomic mass is 32.2. The van der Waals surface area contributed by atoms with Gasteiger partial charge in [-0.3, -0.25) is 0 Å². The third-order valence-corrected chi connectivity index (χ3v) is 4.45. The first-order valence-corrected chi connectivity index (χ1v) is 9.06. The van der Waals surface area contributed by atoms with Crippen LogP contribution in [-0.4, -0.2) is 40.6 Å². The summed E-state index contributed by atoms with van der Waals surface area (Å²) in [5.41, 5.74) is 3.71. The standard InChI is InChI=1S/C18H19N3O3S/c1-5-24-17(22)13-9-19-18(25-4)20-15(13)14-10-21(23-3)16-11(2)7-6-8-12(14)16/h6-10H,5H2,1-4H3. The Bertz CT molecular complexity index is 937. The molecular formula is C18H19N3O3S. The van der Waals surface area contributed by atoms with E-state index in [4.69, 9.17) is 9.57 Å². The zero-order valence-electron chi connectivity index (χ0n) is 14.6. The van der Waals surface area contributed by atoms with E-state index >= 15 is 0 Å². The minimum Gasteiger partial charge on any atom is -0.462 e. The van der Waals surface area contributed by atoms with E-state index in [0.29, 0.717) is 23.0 Å². The number of thioether (sulfide) groups is 1. The molecule has 7 heteroatoms. The first-order valence-electron chi connectivity index (χ1n) is 7.84. The lowest BCUT2D eigenvalue weighted by molar-refractivity contribution is 0.0526. The molecule has 2 aromatic heterocycles. The quantitative estimate of drug-likeness (QED) is 0.396. The Morgan fingerprint density at radius 2 is 2.16 bits per heavy atom. The van der Waals surface area contributed by atoms with Crippen LogP contribution >= 0.6 is 11.8 Å². The van der Waals surface area contributed by atoms with Crippen LogP contribution in [0.2, 0.25) is 0 Å². The number of hydrogen-bond donors (Lipinski definition) is 0. The number of hydrogen-bond acceptors (Lipinski definition) is 6. The van der Waals surface area contributed by atoms with Crippen LogP contribution in [0.5, 0.6) is 0 Å². The zero-order valence-corrected chi connectivity index (χ0v) is 15.4. The second kappa shape index (κ2) is 7.14. The van der Waals surface area contributed by atoms with Gasteiger partial charge in [-0.05, 0) is 25.7 Å². The Labute approximate surface area is 150 Å². The molecule has 0 aliphatic rings. The molecule has 0 atom stereocenters. The van der Waals surface area contributed by atoms with E-state index in [2.05, 4.69) is 9.97 Å². The lowest BCUT2D eigenvalue weighted by Crippen LogP contribution is -2.09. The predicted molar refractivity (Wildman–Crippen MR) is 97.9 cm³/mol. The molecule has 130 valence electrons. The lowest BCUT2D eigenvalue weighted by atomic mass is 10.0. The number of aryl methyl sites for hydroxylation is 1. The highest BCUT2D eigenvalue weighted by Crippen LogP contribution is 2.33. The first kappa shape index (κ1) is 17.3. The normalized spacial score (nSPS) is 10.9. The summed E-state index contributed by atoms with van der Waals surface area (Å²) in [7, 11) is 1.61. The van der Waals surface area contributed by atoms with Crippen molar-refractivity contribution in [3.8, 4) is 11.3 Å². The summed E-state index contributed by atoms with van der Waals surface area (Å²) < 4.78 is 6.86. The number of ether oxygens (including phenoxy) is 1. The van der Waals surface area contributed by atoms with Crippen LogP contribution in [0.1, 0.15) is 22.8 Å². The summed E-state index contributed by atoms with van der Waals surface area (Å²) in [6.45, 7) is 4.08. The van der Waals surface area contributed by atoms with Gasteiger partial charge in [-0.25, -0.2) is 14.8 Å². The Balaban J connectivity index is 2.30. The number of esters is 1. The smallest absolute Gasteiger partial charge is 0.341 e. The second-order valence-corrected chi connectivity index (χ2v) is 6.14. The monoisotopic (exact) mass is 357 g/mol. The van der Waals surface area contributed by atoms with Gasteiger partial charge in [0, 0.05) is 17.1 Å². The molecule has 0 fully saturated rings. The summed E-state index contributed by atoms with van der Waals surface area (Å²) in [5.74, 6) is -0.434. The van der Waals surface area contributed by atoms with Gasteiger partial charge in [0.25, 0.3) is 0 Å². The van der Waals surface area contributed by atoms with Gasteiger partial charge in [0.1, 0.15) is 12.7 Å². The number of para-hydroxylation sites is 1. The van der Waals surface area contributed by atoms with Crippen molar-refractivity contribution in [1.82, 2.24) is 14.7 Å². The summed E-state index contributed by atoms with van der Waals surface area (Å²) >= 11 is 1.42. The molecule has 0 bridgehead atoms. The molecule has 0 aliphatic heterocycles. The van der Waals surface area contributed by atoms with Gasteiger partial charge in [0.15, 0.2) is 5.16 Å². The Hall–Kier alpha value is -2.54. The van der Waals surface area contributed by atoms with Crippen LogP contribution in [0.25, 0.3) is 22.2 Å².